The highest BCUT2D eigenvalue weighted by Gasteiger charge is 2.05. The molecule has 0 spiro atoms. The number of hydrogen-bond donors (Lipinski definition) is 0. The number of rotatable bonds is 6. The van der Waals surface area contributed by atoms with E-state index in [-0.39, 0.29) is 0 Å². The van der Waals surface area contributed by atoms with E-state index in [0.29, 0.717) is 18.6 Å². The van der Waals surface area contributed by atoms with Gasteiger partial charge in [-0.2, -0.15) is 0 Å². The lowest BCUT2D eigenvalue weighted by Crippen LogP contribution is -2.02. The molecule has 0 aromatic heterocycles. The fraction of sp³-hybridized carbons (Fsp3) is 0.308. The molecule has 0 unspecified atom stereocenters. The maximum Gasteiger partial charge on any atom is 0.137 e. The molecule has 0 amide bonds. The minimum absolute atomic E-state index is 0.295. The van der Waals surface area contributed by atoms with E-state index in [1.54, 1.807) is 0 Å². The first-order valence-electron chi connectivity index (χ1n) is 5.10. The molecule has 0 heterocycles. The van der Waals surface area contributed by atoms with E-state index in [1.807, 2.05) is 30.3 Å². The molecular weight excluding hydrogens is 252 g/mol. The number of carbonyl (C=O) groups is 1. The summed E-state index contributed by atoms with van der Waals surface area (Å²) < 4.78 is 1.02. The highest BCUT2D eigenvalue weighted by atomic mass is 79.9. The Morgan fingerprint density at radius 2 is 2.13 bits per heavy atom. The summed E-state index contributed by atoms with van der Waals surface area (Å²) in [4.78, 5) is 11.6. The van der Waals surface area contributed by atoms with Gasteiger partial charge in [0.1, 0.15) is 5.78 Å². The van der Waals surface area contributed by atoms with Crippen molar-refractivity contribution in [3.63, 3.8) is 0 Å². The Morgan fingerprint density at radius 1 is 1.40 bits per heavy atom. The molecule has 0 aliphatic heterocycles. The molecule has 0 N–H and O–H groups in total. The largest absolute Gasteiger partial charge is 0.299 e. The Bertz CT molecular complexity index is 344. The van der Waals surface area contributed by atoms with Crippen molar-refractivity contribution in [3.8, 4) is 0 Å². The summed E-state index contributed by atoms with van der Waals surface area (Å²) in [7, 11) is 0. The van der Waals surface area contributed by atoms with E-state index in [1.165, 1.54) is 0 Å². The zero-order valence-electron chi connectivity index (χ0n) is 8.71. The van der Waals surface area contributed by atoms with Crippen molar-refractivity contribution >= 4 is 21.7 Å². The van der Waals surface area contributed by atoms with Crippen molar-refractivity contribution in [1.82, 2.24) is 0 Å². The summed E-state index contributed by atoms with van der Waals surface area (Å²) in [6.07, 6.45) is 4.85. The average molecular weight is 267 g/mol. The van der Waals surface area contributed by atoms with Crippen LogP contribution in [0.2, 0.25) is 0 Å². The van der Waals surface area contributed by atoms with E-state index in [0.717, 1.165) is 22.9 Å². The predicted octanol–water partition coefficient (Wildman–Crippen LogP) is 3.92. The second-order valence-electron chi connectivity index (χ2n) is 3.49. The number of carbonyl (C=O) groups excluding carboxylic acids is 1. The van der Waals surface area contributed by atoms with Crippen LogP contribution in [0.5, 0.6) is 0 Å². The van der Waals surface area contributed by atoms with Crippen LogP contribution in [0.1, 0.15) is 24.8 Å². The first-order chi connectivity index (χ1) is 7.24. The van der Waals surface area contributed by atoms with Crippen LogP contribution in [0.4, 0.5) is 0 Å². The topological polar surface area (TPSA) is 17.1 Å². The van der Waals surface area contributed by atoms with Crippen molar-refractivity contribution in [1.29, 1.82) is 0 Å². The molecule has 1 aromatic carbocycles. The van der Waals surface area contributed by atoms with Crippen LogP contribution in [0.15, 0.2) is 41.4 Å². The highest BCUT2D eigenvalue weighted by molar-refractivity contribution is 9.10. The van der Waals surface area contributed by atoms with E-state index < -0.39 is 0 Å². The van der Waals surface area contributed by atoms with Crippen molar-refractivity contribution in [3.05, 3.63) is 47.0 Å². The normalized spacial score (nSPS) is 9.93. The third-order valence-corrected chi connectivity index (χ3v) is 2.98. The highest BCUT2D eigenvalue weighted by Crippen LogP contribution is 2.17. The molecule has 0 fully saturated rings. The Hall–Kier alpha value is -0.890. The van der Waals surface area contributed by atoms with E-state index >= 15 is 0 Å². The SMILES string of the molecule is C=CCCCC(=O)Cc1ccccc1Br. The fourth-order valence-corrected chi connectivity index (χ4v) is 1.81. The van der Waals surface area contributed by atoms with E-state index in [9.17, 15) is 4.79 Å². The maximum atomic E-state index is 11.6. The van der Waals surface area contributed by atoms with Crippen LogP contribution in [0.25, 0.3) is 0 Å². The summed E-state index contributed by atoms with van der Waals surface area (Å²) >= 11 is 3.44. The molecule has 0 saturated heterocycles. The van der Waals surface area contributed by atoms with Gasteiger partial charge in [-0.1, -0.05) is 40.2 Å². The molecule has 0 aliphatic rings. The number of unbranched alkanes of at least 4 members (excludes halogenated alkanes) is 1. The monoisotopic (exact) mass is 266 g/mol. The van der Waals surface area contributed by atoms with Gasteiger partial charge in [0.2, 0.25) is 0 Å². The molecule has 0 radical (unpaired) electrons. The third kappa shape index (κ3) is 4.43. The first kappa shape index (κ1) is 12.2. The van der Waals surface area contributed by atoms with Crippen LogP contribution in [0.3, 0.4) is 0 Å². The molecular formula is C13H15BrO. The number of benzene rings is 1. The zero-order valence-corrected chi connectivity index (χ0v) is 10.3. The average Bonchev–Trinajstić information content (AvgIpc) is 2.22. The van der Waals surface area contributed by atoms with Gasteiger partial charge in [0.15, 0.2) is 0 Å². The lowest BCUT2D eigenvalue weighted by Gasteiger charge is -2.02. The number of allylic oxidation sites excluding steroid dienone is 1. The van der Waals surface area contributed by atoms with Gasteiger partial charge in [0.25, 0.3) is 0 Å². The van der Waals surface area contributed by atoms with E-state index in [2.05, 4.69) is 22.5 Å². The number of ketones is 1. The molecule has 2 heteroatoms. The smallest absolute Gasteiger partial charge is 0.137 e. The maximum absolute atomic E-state index is 11.6. The van der Waals surface area contributed by atoms with Crippen LogP contribution in [-0.2, 0) is 11.2 Å². The molecule has 0 bridgehead atoms. The third-order valence-electron chi connectivity index (χ3n) is 2.21. The minimum atomic E-state index is 0.295. The van der Waals surface area contributed by atoms with Crippen molar-refractivity contribution in [2.24, 2.45) is 0 Å². The van der Waals surface area contributed by atoms with Crippen molar-refractivity contribution < 1.29 is 4.79 Å². The molecule has 0 aliphatic carbocycles. The standard InChI is InChI=1S/C13H15BrO/c1-2-3-4-8-12(15)10-11-7-5-6-9-13(11)14/h2,5-7,9H,1,3-4,8,10H2. The molecule has 1 aromatic rings. The van der Waals surface area contributed by atoms with Crippen LogP contribution in [-0.4, -0.2) is 5.78 Å². The van der Waals surface area contributed by atoms with Crippen LogP contribution >= 0.6 is 15.9 Å². The molecule has 1 nitrogen and oxygen atoms in total. The molecule has 1 rings (SSSR count). The molecule has 80 valence electrons. The Balaban J connectivity index is 2.44. The lowest BCUT2D eigenvalue weighted by molar-refractivity contribution is -0.118. The van der Waals surface area contributed by atoms with Gasteiger partial charge in [0.05, 0.1) is 0 Å². The van der Waals surface area contributed by atoms with Gasteiger partial charge >= 0.3 is 0 Å². The quantitative estimate of drug-likeness (QED) is 0.564. The van der Waals surface area contributed by atoms with Gasteiger partial charge in [0, 0.05) is 17.3 Å². The molecule has 15 heavy (non-hydrogen) atoms. The van der Waals surface area contributed by atoms with Crippen molar-refractivity contribution in [2.45, 2.75) is 25.7 Å². The summed E-state index contributed by atoms with van der Waals surface area (Å²) in [5, 5.41) is 0. The summed E-state index contributed by atoms with van der Waals surface area (Å²) in [6, 6.07) is 7.86. The van der Waals surface area contributed by atoms with Gasteiger partial charge in [-0.3, -0.25) is 4.79 Å². The van der Waals surface area contributed by atoms with Gasteiger partial charge in [-0.05, 0) is 24.5 Å². The van der Waals surface area contributed by atoms with Crippen LogP contribution < -0.4 is 0 Å². The molecule has 0 saturated carbocycles. The zero-order chi connectivity index (χ0) is 11.1. The lowest BCUT2D eigenvalue weighted by atomic mass is 10.1. The minimum Gasteiger partial charge on any atom is -0.299 e. The predicted molar refractivity (Wildman–Crippen MR) is 66.9 cm³/mol. The summed E-state index contributed by atoms with van der Waals surface area (Å²) in [5.41, 5.74) is 1.07. The number of hydrogen-bond acceptors (Lipinski definition) is 1. The Kier molecular flexibility index (Phi) is 5.33. The van der Waals surface area contributed by atoms with Crippen molar-refractivity contribution in [2.75, 3.05) is 0 Å². The first-order valence-corrected chi connectivity index (χ1v) is 5.89. The second kappa shape index (κ2) is 6.57. The van der Waals surface area contributed by atoms with E-state index in [4.69, 9.17) is 0 Å². The number of Topliss-reactive ketones (excluding diaryl/α,β-unsaturated/α-hetero) is 1. The Morgan fingerprint density at radius 3 is 2.80 bits per heavy atom. The summed E-state index contributed by atoms with van der Waals surface area (Å²) in [5.74, 6) is 0.295. The second-order valence-corrected chi connectivity index (χ2v) is 4.34. The summed E-state index contributed by atoms with van der Waals surface area (Å²) in [6.45, 7) is 3.64. The number of halogens is 1. The van der Waals surface area contributed by atoms with Crippen LogP contribution in [0, 0.1) is 0 Å². The fourth-order valence-electron chi connectivity index (χ4n) is 1.39. The molecule has 0 atom stereocenters. The van der Waals surface area contributed by atoms with Gasteiger partial charge in [-0.15, -0.1) is 6.58 Å². The Labute approximate surface area is 99.3 Å². The van der Waals surface area contributed by atoms with Gasteiger partial charge < -0.3 is 0 Å². The van der Waals surface area contributed by atoms with Gasteiger partial charge in [-0.25, -0.2) is 0 Å².